The van der Waals surface area contributed by atoms with Gasteiger partial charge in [0.25, 0.3) is 0 Å². The van der Waals surface area contributed by atoms with E-state index in [2.05, 4.69) is 40.4 Å². The fourth-order valence-electron chi connectivity index (χ4n) is 1.93. The van der Waals surface area contributed by atoms with Crippen LogP contribution in [0.3, 0.4) is 0 Å². The first-order chi connectivity index (χ1) is 7.61. The number of benzene rings is 1. The lowest BCUT2D eigenvalue weighted by atomic mass is 10.2. The average Bonchev–Trinajstić information content (AvgIpc) is 2.55. The van der Waals surface area contributed by atoms with Crippen LogP contribution in [0.25, 0.3) is 10.9 Å². The second-order valence-corrected chi connectivity index (χ2v) is 5.31. The van der Waals surface area contributed by atoms with E-state index in [4.69, 9.17) is 0 Å². The Kier molecular flexibility index (Phi) is 3.15. The van der Waals surface area contributed by atoms with Crippen molar-refractivity contribution in [2.75, 3.05) is 0 Å². The molecule has 1 heterocycles. The molecule has 0 N–H and O–H groups in total. The fourth-order valence-corrected chi connectivity index (χ4v) is 2.31. The summed E-state index contributed by atoms with van der Waals surface area (Å²) >= 11 is 3.44. The fraction of sp³-hybridized carbons (Fsp3) is 0.308. The lowest BCUT2D eigenvalue weighted by Crippen LogP contribution is -2.07. The maximum Gasteiger partial charge on any atom is 0.166 e. The van der Waals surface area contributed by atoms with Crippen molar-refractivity contribution in [2.24, 2.45) is 5.92 Å². The van der Waals surface area contributed by atoms with Gasteiger partial charge in [0.2, 0.25) is 0 Å². The summed E-state index contributed by atoms with van der Waals surface area (Å²) in [5.74, 6) is 0.526. The van der Waals surface area contributed by atoms with Gasteiger partial charge in [0, 0.05) is 21.9 Å². The van der Waals surface area contributed by atoms with Crippen molar-refractivity contribution in [3.8, 4) is 0 Å². The molecule has 0 saturated heterocycles. The lowest BCUT2D eigenvalue weighted by molar-refractivity contribution is 0.111. The van der Waals surface area contributed by atoms with Gasteiger partial charge in [-0.3, -0.25) is 4.79 Å². The smallest absolute Gasteiger partial charge is 0.166 e. The molecule has 0 bridgehead atoms. The summed E-state index contributed by atoms with van der Waals surface area (Å²) in [6, 6.07) is 8.04. The third-order valence-electron chi connectivity index (χ3n) is 2.56. The number of rotatable bonds is 3. The molecule has 0 unspecified atom stereocenters. The van der Waals surface area contributed by atoms with Crippen molar-refractivity contribution >= 4 is 33.1 Å². The second-order valence-electron chi connectivity index (χ2n) is 4.39. The SMILES string of the molecule is CC(C)Cn1c(C=O)cc2cc(Br)ccc21. The molecule has 16 heavy (non-hydrogen) atoms. The first kappa shape index (κ1) is 11.4. The first-order valence-corrected chi connectivity index (χ1v) is 6.15. The van der Waals surface area contributed by atoms with E-state index in [0.717, 1.165) is 33.9 Å². The zero-order valence-corrected chi connectivity index (χ0v) is 11.0. The van der Waals surface area contributed by atoms with Crippen molar-refractivity contribution in [1.29, 1.82) is 0 Å². The highest BCUT2D eigenvalue weighted by Crippen LogP contribution is 2.24. The topological polar surface area (TPSA) is 22.0 Å². The zero-order valence-electron chi connectivity index (χ0n) is 9.40. The molecule has 0 atom stereocenters. The maximum atomic E-state index is 11.0. The minimum absolute atomic E-state index is 0.526. The predicted octanol–water partition coefficient (Wildman–Crippen LogP) is 3.87. The monoisotopic (exact) mass is 279 g/mol. The van der Waals surface area contributed by atoms with Crippen LogP contribution in [0.5, 0.6) is 0 Å². The largest absolute Gasteiger partial charge is 0.338 e. The molecule has 0 saturated carbocycles. The van der Waals surface area contributed by atoms with Gasteiger partial charge in [-0.25, -0.2) is 0 Å². The van der Waals surface area contributed by atoms with Gasteiger partial charge in [-0.05, 0) is 30.2 Å². The summed E-state index contributed by atoms with van der Waals surface area (Å²) < 4.78 is 3.12. The molecule has 0 spiro atoms. The number of aldehydes is 1. The molecule has 2 aromatic rings. The zero-order chi connectivity index (χ0) is 11.7. The molecule has 2 nitrogen and oxygen atoms in total. The lowest BCUT2D eigenvalue weighted by Gasteiger charge is -2.10. The molecule has 0 aliphatic carbocycles. The molecule has 0 aliphatic heterocycles. The Morgan fingerprint density at radius 3 is 2.75 bits per heavy atom. The normalized spacial score (nSPS) is 11.2. The highest BCUT2D eigenvalue weighted by atomic mass is 79.9. The molecule has 1 aromatic carbocycles. The Morgan fingerprint density at radius 1 is 1.38 bits per heavy atom. The van der Waals surface area contributed by atoms with E-state index in [1.54, 1.807) is 0 Å². The summed E-state index contributed by atoms with van der Waals surface area (Å²) in [6.45, 7) is 5.18. The highest BCUT2D eigenvalue weighted by Gasteiger charge is 2.09. The van der Waals surface area contributed by atoms with E-state index in [1.807, 2.05) is 18.2 Å². The average molecular weight is 280 g/mol. The van der Waals surface area contributed by atoms with Gasteiger partial charge in [-0.2, -0.15) is 0 Å². The van der Waals surface area contributed by atoms with Gasteiger partial charge >= 0.3 is 0 Å². The quantitative estimate of drug-likeness (QED) is 0.782. The molecule has 1 aromatic heterocycles. The number of nitrogens with zero attached hydrogens (tertiary/aromatic N) is 1. The van der Waals surface area contributed by atoms with Crippen LogP contribution in [-0.2, 0) is 6.54 Å². The molecule has 0 fully saturated rings. The van der Waals surface area contributed by atoms with Crippen LogP contribution in [-0.4, -0.2) is 10.9 Å². The number of carbonyl (C=O) groups excluding carboxylic acids is 1. The second kappa shape index (κ2) is 4.42. The van der Waals surface area contributed by atoms with Crippen LogP contribution in [0.4, 0.5) is 0 Å². The van der Waals surface area contributed by atoms with Crippen molar-refractivity contribution < 1.29 is 4.79 Å². The number of fused-ring (bicyclic) bond motifs is 1. The maximum absolute atomic E-state index is 11.0. The molecular formula is C13H14BrNO. The molecule has 0 aliphatic rings. The first-order valence-electron chi connectivity index (χ1n) is 5.36. The van der Waals surface area contributed by atoms with Gasteiger partial charge < -0.3 is 4.57 Å². The van der Waals surface area contributed by atoms with Crippen LogP contribution >= 0.6 is 15.9 Å². The van der Waals surface area contributed by atoms with E-state index in [0.29, 0.717) is 5.92 Å². The predicted molar refractivity (Wildman–Crippen MR) is 69.9 cm³/mol. The molecule has 0 radical (unpaired) electrons. The number of carbonyl (C=O) groups is 1. The molecule has 0 amide bonds. The van der Waals surface area contributed by atoms with Crippen LogP contribution in [0.2, 0.25) is 0 Å². The Bertz CT molecular complexity index is 528. The number of halogens is 1. The van der Waals surface area contributed by atoms with Gasteiger partial charge in [-0.15, -0.1) is 0 Å². The highest BCUT2D eigenvalue weighted by molar-refractivity contribution is 9.10. The van der Waals surface area contributed by atoms with Gasteiger partial charge in [0.15, 0.2) is 6.29 Å². The Hall–Kier alpha value is -1.09. The number of aromatic nitrogens is 1. The summed E-state index contributed by atoms with van der Waals surface area (Å²) in [4.78, 5) is 11.0. The van der Waals surface area contributed by atoms with Crippen molar-refractivity contribution in [2.45, 2.75) is 20.4 Å². The van der Waals surface area contributed by atoms with Gasteiger partial charge in [0.1, 0.15) is 0 Å². The summed E-state index contributed by atoms with van der Waals surface area (Å²) in [6.07, 6.45) is 0.927. The summed E-state index contributed by atoms with van der Waals surface area (Å²) in [7, 11) is 0. The number of hydrogen-bond donors (Lipinski definition) is 0. The summed E-state index contributed by atoms with van der Waals surface area (Å²) in [5, 5.41) is 1.11. The Morgan fingerprint density at radius 2 is 2.12 bits per heavy atom. The molecular weight excluding hydrogens is 266 g/mol. The van der Waals surface area contributed by atoms with Gasteiger partial charge in [0.05, 0.1) is 5.69 Å². The van der Waals surface area contributed by atoms with E-state index >= 15 is 0 Å². The van der Waals surface area contributed by atoms with E-state index < -0.39 is 0 Å². The van der Waals surface area contributed by atoms with Crippen LogP contribution in [0.1, 0.15) is 24.3 Å². The molecule has 2 rings (SSSR count). The minimum atomic E-state index is 0.526. The van der Waals surface area contributed by atoms with E-state index in [1.165, 1.54) is 0 Å². The van der Waals surface area contributed by atoms with Crippen LogP contribution in [0.15, 0.2) is 28.7 Å². The molecule has 84 valence electrons. The third kappa shape index (κ3) is 2.05. The Balaban J connectivity index is 2.63. The standard InChI is InChI=1S/C13H14BrNO/c1-9(2)7-15-12(8-16)6-10-5-11(14)3-4-13(10)15/h3-6,8-9H,7H2,1-2H3. The van der Waals surface area contributed by atoms with E-state index in [-0.39, 0.29) is 0 Å². The van der Waals surface area contributed by atoms with Crippen molar-refractivity contribution in [3.63, 3.8) is 0 Å². The van der Waals surface area contributed by atoms with Gasteiger partial charge in [-0.1, -0.05) is 29.8 Å². The van der Waals surface area contributed by atoms with Crippen molar-refractivity contribution in [1.82, 2.24) is 4.57 Å². The van der Waals surface area contributed by atoms with Crippen LogP contribution in [0, 0.1) is 5.92 Å². The summed E-state index contributed by atoms with van der Waals surface area (Å²) in [5.41, 5.74) is 1.88. The number of hydrogen-bond acceptors (Lipinski definition) is 1. The van der Waals surface area contributed by atoms with Crippen molar-refractivity contribution in [3.05, 3.63) is 34.4 Å². The van der Waals surface area contributed by atoms with Crippen LogP contribution < -0.4 is 0 Å². The van der Waals surface area contributed by atoms with E-state index in [9.17, 15) is 4.79 Å². The minimum Gasteiger partial charge on any atom is -0.338 e. The third-order valence-corrected chi connectivity index (χ3v) is 3.06. The Labute approximate surface area is 103 Å². The molecule has 3 heteroatoms.